The first-order valence-corrected chi connectivity index (χ1v) is 5.69. The van der Waals surface area contributed by atoms with Crippen molar-refractivity contribution in [1.82, 2.24) is 4.90 Å². The number of hydrogen-bond donors (Lipinski definition) is 2. The maximum atomic E-state index is 11.6. The van der Waals surface area contributed by atoms with E-state index >= 15 is 0 Å². The number of likely N-dealkylation sites (tertiary alicyclic amines) is 1. The van der Waals surface area contributed by atoms with Crippen molar-refractivity contribution < 1.29 is 19.4 Å². The zero-order chi connectivity index (χ0) is 13.2. The van der Waals surface area contributed by atoms with Gasteiger partial charge in [0.05, 0.1) is 12.7 Å². The Labute approximate surface area is 102 Å². The number of aliphatic hydroxyl groups is 1. The van der Waals surface area contributed by atoms with Crippen LogP contribution >= 0.6 is 0 Å². The number of methoxy groups -OCH3 is 1. The number of nitrogens with two attached hydrogens (primary N) is 1. The summed E-state index contributed by atoms with van der Waals surface area (Å²) in [7, 11) is 1.32. The Morgan fingerprint density at radius 3 is 2.59 bits per heavy atom. The van der Waals surface area contributed by atoms with Crippen molar-refractivity contribution in [3.05, 3.63) is 0 Å². The predicted octanol–water partition coefficient (Wildman–Crippen LogP) is -0.348. The Hall–Kier alpha value is -0.690. The van der Waals surface area contributed by atoms with E-state index in [2.05, 4.69) is 0 Å². The Kier molecular flexibility index (Phi) is 4.48. The lowest BCUT2D eigenvalue weighted by Crippen LogP contribution is -2.47. The molecular weight excluding hydrogens is 224 g/mol. The van der Waals surface area contributed by atoms with Crippen LogP contribution < -0.4 is 5.73 Å². The molecule has 1 rings (SSSR count). The Bertz CT molecular complexity index is 277. The number of hydrogen-bond acceptors (Lipinski definition) is 6. The highest BCUT2D eigenvalue weighted by Gasteiger charge is 2.40. The zero-order valence-electron chi connectivity index (χ0n) is 10.8. The molecular formula is C11H22N2O4. The molecule has 1 aliphatic heterocycles. The van der Waals surface area contributed by atoms with Gasteiger partial charge in [0, 0.05) is 12.6 Å². The summed E-state index contributed by atoms with van der Waals surface area (Å²) in [6.07, 6.45) is -0.676. The van der Waals surface area contributed by atoms with Crippen LogP contribution in [0.1, 0.15) is 27.2 Å². The molecule has 0 aliphatic carbocycles. The average Bonchev–Trinajstić information content (AvgIpc) is 2.56. The SMILES string of the molecule is COC(=O)C1CC(N)CN1C(O)OC(C)(C)C. The van der Waals surface area contributed by atoms with Crippen LogP contribution in [-0.4, -0.2) is 53.7 Å². The molecule has 100 valence electrons. The first-order valence-electron chi connectivity index (χ1n) is 5.69. The number of nitrogens with zero attached hydrogens (tertiary/aromatic N) is 1. The summed E-state index contributed by atoms with van der Waals surface area (Å²) in [6.45, 7) is 5.91. The third-order valence-corrected chi connectivity index (χ3v) is 2.59. The molecule has 0 radical (unpaired) electrons. The zero-order valence-corrected chi connectivity index (χ0v) is 10.8. The topological polar surface area (TPSA) is 85.0 Å². The molecule has 3 atom stereocenters. The van der Waals surface area contributed by atoms with Gasteiger partial charge in [-0.25, -0.2) is 4.90 Å². The van der Waals surface area contributed by atoms with Crippen LogP contribution in [0.4, 0.5) is 0 Å². The lowest BCUT2D eigenvalue weighted by atomic mass is 10.2. The van der Waals surface area contributed by atoms with E-state index in [1.54, 1.807) is 0 Å². The number of carbonyl (C=O) groups excluding carboxylic acids is 1. The molecule has 3 unspecified atom stereocenters. The van der Waals surface area contributed by atoms with E-state index in [1.165, 1.54) is 12.0 Å². The molecule has 0 aromatic carbocycles. The molecule has 0 spiro atoms. The number of carbonyl (C=O) groups is 1. The quantitative estimate of drug-likeness (QED) is 0.523. The standard InChI is InChI=1S/C11H22N2O4/c1-11(2,3)17-10(15)13-6-7(12)5-8(13)9(14)16-4/h7-8,10,15H,5-6,12H2,1-4H3. The molecule has 3 N–H and O–H groups in total. The fraction of sp³-hybridized carbons (Fsp3) is 0.909. The summed E-state index contributed by atoms with van der Waals surface area (Å²) in [6, 6.07) is -0.690. The molecule has 0 aromatic heterocycles. The maximum Gasteiger partial charge on any atom is 0.323 e. The van der Waals surface area contributed by atoms with Crippen LogP contribution in [0.15, 0.2) is 0 Å². The number of aliphatic hydroxyl groups excluding tert-OH is 1. The summed E-state index contributed by atoms with van der Waals surface area (Å²) >= 11 is 0. The van der Waals surface area contributed by atoms with Gasteiger partial charge in [-0.15, -0.1) is 0 Å². The Morgan fingerprint density at radius 1 is 1.53 bits per heavy atom. The second-order valence-electron chi connectivity index (χ2n) is 5.29. The normalized spacial score (nSPS) is 28.1. The van der Waals surface area contributed by atoms with Gasteiger partial charge in [-0.2, -0.15) is 0 Å². The highest BCUT2D eigenvalue weighted by molar-refractivity contribution is 5.76. The number of rotatable bonds is 3. The number of ether oxygens (including phenoxy) is 2. The summed E-state index contributed by atoms with van der Waals surface area (Å²) in [5.74, 6) is -0.394. The van der Waals surface area contributed by atoms with Crippen LogP contribution in [0.3, 0.4) is 0 Å². The summed E-state index contributed by atoms with van der Waals surface area (Å²) in [4.78, 5) is 13.1. The monoisotopic (exact) mass is 246 g/mol. The Balaban J connectivity index is 2.70. The minimum Gasteiger partial charge on any atom is -0.468 e. The summed E-state index contributed by atoms with van der Waals surface area (Å²) in [5, 5.41) is 9.96. The molecule has 0 saturated carbocycles. The van der Waals surface area contributed by atoms with Gasteiger partial charge in [0.2, 0.25) is 6.41 Å². The van der Waals surface area contributed by atoms with Crippen molar-refractivity contribution in [3.8, 4) is 0 Å². The van der Waals surface area contributed by atoms with Crippen LogP contribution in [-0.2, 0) is 14.3 Å². The van der Waals surface area contributed by atoms with Gasteiger partial charge in [0.1, 0.15) is 6.04 Å². The second kappa shape index (κ2) is 5.30. The van der Waals surface area contributed by atoms with Gasteiger partial charge in [-0.3, -0.25) is 4.79 Å². The minimum absolute atomic E-state index is 0.155. The third kappa shape index (κ3) is 3.92. The molecule has 1 aliphatic rings. The van der Waals surface area contributed by atoms with Crippen molar-refractivity contribution in [2.75, 3.05) is 13.7 Å². The largest absolute Gasteiger partial charge is 0.468 e. The van der Waals surface area contributed by atoms with Crippen molar-refractivity contribution in [3.63, 3.8) is 0 Å². The van der Waals surface area contributed by atoms with Crippen LogP contribution in [0, 0.1) is 0 Å². The van der Waals surface area contributed by atoms with Gasteiger partial charge >= 0.3 is 5.97 Å². The van der Waals surface area contributed by atoms with Gasteiger partial charge in [0.15, 0.2) is 0 Å². The molecule has 0 aromatic rings. The Morgan fingerprint density at radius 2 is 2.12 bits per heavy atom. The predicted molar refractivity (Wildman–Crippen MR) is 61.9 cm³/mol. The van der Waals surface area contributed by atoms with Crippen LogP contribution in [0.2, 0.25) is 0 Å². The molecule has 6 heteroatoms. The van der Waals surface area contributed by atoms with E-state index in [0.717, 1.165) is 0 Å². The molecule has 1 heterocycles. The fourth-order valence-corrected chi connectivity index (χ4v) is 1.89. The minimum atomic E-state index is -1.15. The maximum absolute atomic E-state index is 11.6. The molecule has 6 nitrogen and oxygen atoms in total. The van der Waals surface area contributed by atoms with Gasteiger partial charge in [-0.05, 0) is 27.2 Å². The lowest BCUT2D eigenvalue weighted by Gasteiger charge is -2.32. The summed E-state index contributed by atoms with van der Waals surface area (Å²) < 4.78 is 10.1. The van der Waals surface area contributed by atoms with Crippen LogP contribution in [0.25, 0.3) is 0 Å². The molecule has 0 amide bonds. The van der Waals surface area contributed by atoms with Crippen molar-refractivity contribution >= 4 is 5.97 Å². The highest BCUT2D eigenvalue weighted by atomic mass is 16.6. The first-order chi connectivity index (χ1) is 7.74. The summed E-state index contributed by atoms with van der Waals surface area (Å²) in [5.41, 5.74) is 5.30. The first kappa shape index (κ1) is 14.4. The van der Waals surface area contributed by atoms with E-state index < -0.39 is 24.0 Å². The van der Waals surface area contributed by atoms with Gasteiger partial charge in [-0.1, -0.05) is 0 Å². The molecule has 1 saturated heterocycles. The van der Waals surface area contributed by atoms with Crippen molar-refractivity contribution in [1.29, 1.82) is 0 Å². The van der Waals surface area contributed by atoms with Crippen LogP contribution in [0.5, 0.6) is 0 Å². The second-order valence-corrected chi connectivity index (χ2v) is 5.29. The van der Waals surface area contributed by atoms with E-state index in [9.17, 15) is 9.90 Å². The fourth-order valence-electron chi connectivity index (χ4n) is 1.89. The molecule has 1 fully saturated rings. The van der Waals surface area contributed by atoms with Gasteiger partial charge < -0.3 is 20.3 Å². The van der Waals surface area contributed by atoms with Crippen molar-refractivity contribution in [2.24, 2.45) is 5.73 Å². The van der Waals surface area contributed by atoms with E-state index in [1.807, 2.05) is 20.8 Å². The van der Waals surface area contributed by atoms with Gasteiger partial charge in [0.25, 0.3) is 0 Å². The highest BCUT2D eigenvalue weighted by Crippen LogP contribution is 2.22. The molecule has 0 bridgehead atoms. The average molecular weight is 246 g/mol. The molecule has 17 heavy (non-hydrogen) atoms. The van der Waals surface area contributed by atoms with E-state index in [-0.39, 0.29) is 6.04 Å². The lowest BCUT2D eigenvalue weighted by molar-refractivity contribution is -0.243. The smallest absolute Gasteiger partial charge is 0.323 e. The van der Waals surface area contributed by atoms with E-state index in [0.29, 0.717) is 13.0 Å². The third-order valence-electron chi connectivity index (χ3n) is 2.59. The van der Waals surface area contributed by atoms with E-state index in [4.69, 9.17) is 15.2 Å². The number of esters is 1. The van der Waals surface area contributed by atoms with Crippen molar-refractivity contribution in [2.45, 2.75) is 51.3 Å².